The normalized spacial score (nSPS) is 17.4. The Morgan fingerprint density at radius 1 is 0.944 bits per heavy atom. The Labute approximate surface area is 218 Å². The second-order valence-corrected chi connectivity index (χ2v) is 9.86. The molecule has 0 bridgehead atoms. The van der Waals surface area contributed by atoms with E-state index in [2.05, 4.69) is 0 Å². The quantitative estimate of drug-likeness (QED) is 0.380. The summed E-state index contributed by atoms with van der Waals surface area (Å²) in [5.74, 6) is 0.801. The summed E-state index contributed by atoms with van der Waals surface area (Å²) in [4.78, 5) is 29.9. The van der Waals surface area contributed by atoms with Crippen LogP contribution in [0.15, 0.2) is 84.9 Å². The van der Waals surface area contributed by atoms with Gasteiger partial charge in [-0.15, -0.1) is 0 Å². The SMILES string of the molecule is CN(Cc1ccccc1)C(=O)C[C@H]1CN(C(=O)CCc2ccccc2)CC[C@@H]1Oc1ccc(Cl)cc1. The minimum absolute atomic E-state index is 0.0483. The number of hydrogen-bond donors (Lipinski definition) is 0. The molecular formula is C30H33ClN2O3. The zero-order valence-electron chi connectivity index (χ0n) is 20.7. The summed E-state index contributed by atoms with van der Waals surface area (Å²) in [6.07, 6.45) is 2.02. The van der Waals surface area contributed by atoms with Gasteiger partial charge in [0.2, 0.25) is 11.8 Å². The highest BCUT2D eigenvalue weighted by Gasteiger charge is 2.35. The molecule has 4 rings (SSSR count). The molecule has 0 unspecified atom stereocenters. The number of aryl methyl sites for hydroxylation is 1. The number of likely N-dealkylation sites (tertiary alicyclic amines) is 1. The van der Waals surface area contributed by atoms with Gasteiger partial charge in [0.15, 0.2) is 0 Å². The summed E-state index contributed by atoms with van der Waals surface area (Å²) in [5.41, 5.74) is 2.24. The van der Waals surface area contributed by atoms with Gasteiger partial charge in [-0.05, 0) is 41.8 Å². The van der Waals surface area contributed by atoms with Crippen LogP contribution in [-0.4, -0.2) is 47.9 Å². The van der Waals surface area contributed by atoms with Crippen LogP contribution >= 0.6 is 11.6 Å². The van der Waals surface area contributed by atoms with Crippen LogP contribution in [0.25, 0.3) is 0 Å². The third-order valence-electron chi connectivity index (χ3n) is 6.71. The fourth-order valence-corrected chi connectivity index (χ4v) is 4.78. The lowest BCUT2D eigenvalue weighted by atomic mass is 9.90. The first-order valence-electron chi connectivity index (χ1n) is 12.5. The summed E-state index contributed by atoms with van der Waals surface area (Å²) < 4.78 is 6.31. The van der Waals surface area contributed by atoms with Crippen LogP contribution in [0.3, 0.4) is 0 Å². The Kier molecular flexibility index (Phi) is 9.01. The Hall–Kier alpha value is -3.31. The van der Waals surface area contributed by atoms with Gasteiger partial charge in [0, 0.05) is 56.9 Å². The minimum Gasteiger partial charge on any atom is -0.490 e. The van der Waals surface area contributed by atoms with Crippen molar-refractivity contribution >= 4 is 23.4 Å². The number of carbonyl (C=O) groups is 2. The first-order chi connectivity index (χ1) is 17.5. The second kappa shape index (κ2) is 12.6. The third-order valence-corrected chi connectivity index (χ3v) is 6.97. The average molecular weight is 505 g/mol. The van der Waals surface area contributed by atoms with Crippen molar-refractivity contribution in [2.45, 2.75) is 38.3 Å². The molecule has 0 spiro atoms. The predicted octanol–water partition coefficient (Wildman–Crippen LogP) is 5.62. The van der Waals surface area contributed by atoms with Crippen LogP contribution in [0.5, 0.6) is 5.75 Å². The van der Waals surface area contributed by atoms with Gasteiger partial charge >= 0.3 is 0 Å². The molecule has 1 saturated heterocycles. The molecule has 1 heterocycles. The molecule has 188 valence electrons. The fraction of sp³-hybridized carbons (Fsp3) is 0.333. The lowest BCUT2D eigenvalue weighted by Crippen LogP contribution is -2.49. The van der Waals surface area contributed by atoms with Crippen molar-refractivity contribution in [1.82, 2.24) is 9.80 Å². The number of ether oxygens (including phenoxy) is 1. The van der Waals surface area contributed by atoms with Crippen molar-refractivity contribution in [3.05, 3.63) is 101 Å². The van der Waals surface area contributed by atoms with Crippen molar-refractivity contribution in [2.24, 2.45) is 5.92 Å². The molecule has 1 fully saturated rings. The standard InChI is InChI=1S/C30H33ClN2O3/c1-32(21-24-10-6-3-7-11-24)30(35)20-25-22-33(29(34)17-12-23-8-4-2-5-9-23)19-18-28(25)36-27-15-13-26(31)14-16-27/h2-11,13-16,25,28H,12,17-22H2,1H3/t25-,28-/m0/s1. The van der Waals surface area contributed by atoms with E-state index in [9.17, 15) is 9.59 Å². The number of halogens is 1. The smallest absolute Gasteiger partial charge is 0.223 e. The first kappa shape index (κ1) is 25.8. The summed E-state index contributed by atoms with van der Waals surface area (Å²) in [7, 11) is 1.83. The van der Waals surface area contributed by atoms with Gasteiger partial charge in [0.05, 0.1) is 0 Å². The molecule has 1 aliphatic heterocycles. The Bertz CT molecular complexity index is 1120. The van der Waals surface area contributed by atoms with Crippen LogP contribution in [0.2, 0.25) is 5.02 Å². The molecule has 0 N–H and O–H groups in total. The largest absolute Gasteiger partial charge is 0.490 e. The monoisotopic (exact) mass is 504 g/mol. The van der Waals surface area contributed by atoms with Crippen LogP contribution in [0, 0.1) is 5.92 Å². The lowest BCUT2D eigenvalue weighted by molar-refractivity contribution is -0.138. The van der Waals surface area contributed by atoms with E-state index in [1.807, 2.05) is 84.7 Å². The lowest BCUT2D eigenvalue weighted by Gasteiger charge is -2.39. The van der Waals surface area contributed by atoms with E-state index < -0.39 is 0 Å². The first-order valence-corrected chi connectivity index (χ1v) is 12.9. The molecule has 0 aliphatic carbocycles. The highest BCUT2D eigenvalue weighted by molar-refractivity contribution is 6.30. The van der Waals surface area contributed by atoms with Crippen LogP contribution in [0.4, 0.5) is 0 Å². The van der Waals surface area contributed by atoms with Gasteiger partial charge in [0.1, 0.15) is 11.9 Å². The molecule has 36 heavy (non-hydrogen) atoms. The van der Waals surface area contributed by atoms with E-state index in [0.717, 1.165) is 16.9 Å². The highest BCUT2D eigenvalue weighted by atomic mass is 35.5. The van der Waals surface area contributed by atoms with Gasteiger partial charge in [-0.1, -0.05) is 72.3 Å². The maximum Gasteiger partial charge on any atom is 0.223 e. The molecule has 6 heteroatoms. The maximum atomic E-state index is 13.2. The molecule has 5 nitrogen and oxygen atoms in total. The van der Waals surface area contributed by atoms with Crippen LogP contribution in [0.1, 0.15) is 30.4 Å². The Balaban J connectivity index is 1.41. The summed E-state index contributed by atoms with van der Waals surface area (Å²) >= 11 is 6.03. The molecule has 2 atom stereocenters. The topological polar surface area (TPSA) is 49.9 Å². The summed E-state index contributed by atoms with van der Waals surface area (Å²) in [6.45, 7) is 1.68. The summed E-state index contributed by atoms with van der Waals surface area (Å²) in [5, 5.41) is 0.649. The zero-order valence-corrected chi connectivity index (χ0v) is 21.4. The molecule has 0 aromatic heterocycles. The van der Waals surface area contributed by atoms with Gasteiger partial charge in [-0.3, -0.25) is 9.59 Å². The van der Waals surface area contributed by atoms with E-state index in [-0.39, 0.29) is 23.8 Å². The van der Waals surface area contributed by atoms with Gasteiger partial charge in [-0.25, -0.2) is 0 Å². The highest BCUT2D eigenvalue weighted by Crippen LogP contribution is 2.28. The van der Waals surface area contributed by atoms with Crippen molar-refractivity contribution in [2.75, 3.05) is 20.1 Å². The summed E-state index contributed by atoms with van der Waals surface area (Å²) in [6, 6.07) is 27.3. The molecule has 2 amide bonds. The van der Waals surface area contributed by atoms with E-state index in [4.69, 9.17) is 16.3 Å². The maximum absolute atomic E-state index is 13.2. The van der Waals surface area contributed by atoms with Crippen molar-refractivity contribution in [1.29, 1.82) is 0 Å². The predicted molar refractivity (Wildman–Crippen MR) is 143 cm³/mol. The van der Waals surface area contributed by atoms with E-state index in [0.29, 0.717) is 50.3 Å². The minimum atomic E-state index is -0.154. The van der Waals surface area contributed by atoms with Gasteiger partial charge in [-0.2, -0.15) is 0 Å². The van der Waals surface area contributed by atoms with Gasteiger partial charge in [0.25, 0.3) is 0 Å². The molecular weight excluding hydrogens is 472 g/mol. The number of rotatable bonds is 9. The molecule has 3 aromatic rings. The zero-order chi connectivity index (χ0) is 25.3. The average Bonchev–Trinajstić information content (AvgIpc) is 2.90. The molecule has 1 aliphatic rings. The molecule has 0 saturated carbocycles. The van der Waals surface area contributed by atoms with Crippen molar-refractivity contribution in [3.63, 3.8) is 0 Å². The van der Waals surface area contributed by atoms with E-state index >= 15 is 0 Å². The van der Waals surface area contributed by atoms with Crippen LogP contribution in [-0.2, 0) is 22.6 Å². The number of benzene rings is 3. The number of carbonyl (C=O) groups excluding carboxylic acids is 2. The molecule has 3 aromatic carbocycles. The van der Waals surface area contributed by atoms with E-state index in [1.165, 1.54) is 0 Å². The van der Waals surface area contributed by atoms with Crippen LogP contribution < -0.4 is 4.74 Å². The second-order valence-electron chi connectivity index (χ2n) is 9.42. The number of hydrogen-bond acceptors (Lipinski definition) is 3. The third kappa shape index (κ3) is 7.34. The number of nitrogens with zero attached hydrogens (tertiary/aromatic N) is 2. The molecule has 0 radical (unpaired) electrons. The number of amides is 2. The van der Waals surface area contributed by atoms with Gasteiger partial charge < -0.3 is 14.5 Å². The Morgan fingerprint density at radius 2 is 1.58 bits per heavy atom. The van der Waals surface area contributed by atoms with Crippen molar-refractivity contribution < 1.29 is 14.3 Å². The van der Waals surface area contributed by atoms with Crippen molar-refractivity contribution in [3.8, 4) is 5.75 Å². The Morgan fingerprint density at radius 3 is 2.25 bits per heavy atom. The van der Waals surface area contributed by atoms with E-state index in [1.54, 1.807) is 17.0 Å². The number of piperidine rings is 1. The fourth-order valence-electron chi connectivity index (χ4n) is 4.66.